The van der Waals surface area contributed by atoms with Crippen molar-refractivity contribution in [1.29, 1.82) is 0 Å². The van der Waals surface area contributed by atoms with Crippen LogP contribution in [0.2, 0.25) is 0 Å². The van der Waals surface area contributed by atoms with Gasteiger partial charge in [-0.25, -0.2) is 4.39 Å². The van der Waals surface area contributed by atoms with E-state index < -0.39 is 0 Å². The molecule has 6 nitrogen and oxygen atoms in total. The normalized spacial score (nSPS) is 17.4. The third kappa shape index (κ3) is 3.14. The lowest BCUT2D eigenvalue weighted by atomic mass is 10.1. The molecule has 0 saturated carbocycles. The topological polar surface area (TPSA) is 58.4 Å². The molecule has 0 aliphatic carbocycles. The Hall–Kier alpha value is -2.70. The van der Waals surface area contributed by atoms with Crippen LogP contribution in [0.5, 0.6) is 0 Å². The number of aromatic nitrogens is 4. The van der Waals surface area contributed by atoms with Crippen molar-refractivity contribution in [2.45, 2.75) is 19.8 Å². The van der Waals surface area contributed by atoms with Crippen LogP contribution in [0.4, 0.5) is 15.9 Å². The third-order valence-electron chi connectivity index (χ3n) is 4.69. The first kappa shape index (κ1) is 15.8. The molecule has 2 aromatic heterocycles. The molecule has 1 aromatic carbocycles. The lowest BCUT2D eigenvalue weighted by Crippen LogP contribution is -2.23. The standard InChI is InChI=1S/C18H21FN6/c1-2-17-21-22-18-8-7-16(23-25(17)18)20-11-13-9-10-24(12-13)15-6-4-3-5-14(15)19/h3-8,13H,2,9-12H2,1H3,(H,20,23). The second kappa shape index (κ2) is 6.66. The minimum Gasteiger partial charge on any atom is -0.369 e. The Kier molecular flexibility index (Phi) is 4.21. The summed E-state index contributed by atoms with van der Waals surface area (Å²) in [6.07, 6.45) is 1.83. The number of aryl methyl sites for hydroxylation is 1. The fourth-order valence-corrected chi connectivity index (χ4v) is 3.32. The molecule has 4 rings (SSSR count). The molecule has 0 radical (unpaired) electrons. The molecule has 25 heavy (non-hydrogen) atoms. The first-order chi connectivity index (χ1) is 12.2. The third-order valence-corrected chi connectivity index (χ3v) is 4.69. The van der Waals surface area contributed by atoms with Gasteiger partial charge in [-0.2, -0.15) is 4.52 Å². The monoisotopic (exact) mass is 340 g/mol. The van der Waals surface area contributed by atoms with Gasteiger partial charge in [0, 0.05) is 26.1 Å². The van der Waals surface area contributed by atoms with Crippen molar-refractivity contribution in [2.75, 3.05) is 29.9 Å². The largest absolute Gasteiger partial charge is 0.369 e. The smallest absolute Gasteiger partial charge is 0.178 e. The second-order valence-electron chi connectivity index (χ2n) is 6.39. The van der Waals surface area contributed by atoms with Gasteiger partial charge >= 0.3 is 0 Å². The van der Waals surface area contributed by atoms with E-state index in [1.807, 2.05) is 31.2 Å². The van der Waals surface area contributed by atoms with Crippen molar-refractivity contribution >= 4 is 17.2 Å². The molecule has 1 fully saturated rings. The molecule has 1 N–H and O–H groups in total. The maximum Gasteiger partial charge on any atom is 0.178 e. The molecule has 7 heteroatoms. The quantitative estimate of drug-likeness (QED) is 0.774. The van der Waals surface area contributed by atoms with Crippen molar-refractivity contribution in [3.63, 3.8) is 0 Å². The Balaban J connectivity index is 1.40. The van der Waals surface area contributed by atoms with E-state index in [1.165, 1.54) is 6.07 Å². The van der Waals surface area contributed by atoms with Gasteiger partial charge in [-0.15, -0.1) is 15.3 Å². The number of hydrogen-bond acceptors (Lipinski definition) is 5. The SMILES string of the molecule is CCc1nnc2ccc(NCC3CCN(c4ccccc4F)C3)nn12. The molecule has 0 amide bonds. The molecule has 0 spiro atoms. The first-order valence-electron chi connectivity index (χ1n) is 8.69. The summed E-state index contributed by atoms with van der Waals surface area (Å²) in [4.78, 5) is 2.12. The molecular formula is C18H21FN6. The molecule has 1 aliphatic rings. The fourth-order valence-electron chi connectivity index (χ4n) is 3.32. The number of para-hydroxylation sites is 1. The highest BCUT2D eigenvalue weighted by Crippen LogP contribution is 2.26. The number of fused-ring (bicyclic) bond motifs is 1. The van der Waals surface area contributed by atoms with Gasteiger partial charge in [0.25, 0.3) is 0 Å². The van der Waals surface area contributed by atoms with Crippen molar-refractivity contribution in [2.24, 2.45) is 5.92 Å². The Bertz CT molecular complexity index is 877. The van der Waals surface area contributed by atoms with Crippen LogP contribution in [0, 0.1) is 11.7 Å². The highest BCUT2D eigenvalue weighted by Gasteiger charge is 2.24. The van der Waals surface area contributed by atoms with E-state index in [-0.39, 0.29) is 5.82 Å². The Morgan fingerprint density at radius 1 is 1.20 bits per heavy atom. The van der Waals surface area contributed by atoms with Crippen LogP contribution in [0.1, 0.15) is 19.2 Å². The summed E-state index contributed by atoms with van der Waals surface area (Å²) in [6, 6.07) is 10.8. The number of hydrogen-bond donors (Lipinski definition) is 1. The van der Waals surface area contributed by atoms with E-state index in [0.717, 1.165) is 49.8 Å². The van der Waals surface area contributed by atoms with Crippen LogP contribution in [0.15, 0.2) is 36.4 Å². The molecule has 3 aromatic rings. The summed E-state index contributed by atoms with van der Waals surface area (Å²) in [6.45, 7) is 4.58. The average Bonchev–Trinajstić information content (AvgIpc) is 3.26. The minimum atomic E-state index is -0.150. The second-order valence-corrected chi connectivity index (χ2v) is 6.39. The van der Waals surface area contributed by atoms with Gasteiger partial charge < -0.3 is 10.2 Å². The van der Waals surface area contributed by atoms with Gasteiger partial charge in [0.1, 0.15) is 11.6 Å². The van der Waals surface area contributed by atoms with Gasteiger partial charge in [0.15, 0.2) is 11.5 Å². The van der Waals surface area contributed by atoms with Gasteiger partial charge in [-0.3, -0.25) is 0 Å². The van der Waals surface area contributed by atoms with Crippen LogP contribution < -0.4 is 10.2 Å². The van der Waals surface area contributed by atoms with E-state index in [0.29, 0.717) is 11.6 Å². The van der Waals surface area contributed by atoms with Crippen LogP contribution in [0.25, 0.3) is 5.65 Å². The molecule has 0 bridgehead atoms. The summed E-state index contributed by atoms with van der Waals surface area (Å²) >= 11 is 0. The van der Waals surface area contributed by atoms with Gasteiger partial charge in [0.05, 0.1) is 5.69 Å². The van der Waals surface area contributed by atoms with E-state index in [2.05, 4.69) is 25.5 Å². The predicted molar refractivity (Wildman–Crippen MR) is 95.4 cm³/mol. The molecule has 1 unspecified atom stereocenters. The summed E-state index contributed by atoms with van der Waals surface area (Å²) in [7, 11) is 0. The molecule has 1 saturated heterocycles. The Morgan fingerprint density at radius 2 is 2.08 bits per heavy atom. The van der Waals surface area contributed by atoms with Crippen LogP contribution in [-0.4, -0.2) is 39.4 Å². The summed E-state index contributed by atoms with van der Waals surface area (Å²) in [5.74, 6) is 1.98. The number of halogens is 1. The van der Waals surface area contributed by atoms with Crippen LogP contribution in [0.3, 0.4) is 0 Å². The highest BCUT2D eigenvalue weighted by atomic mass is 19.1. The van der Waals surface area contributed by atoms with Crippen molar-refractivity contribution in [3.8, 4) is 0 Å². The zero-order chi connectivity index (χ0) is 17.2. The Labute approximate surface area is 145 Å². The van der Waals surface area contributed by atoms with Crippen molar-refractivity contribution < 1.29 is 4.39 Å². The maximum absolute atomic E-state index is 13.9. The zero-order valence-corrected chi connectivity index (χ0v) is 14.2. The number of anilines is 2. The molecule has 1 atom stereocenters. The molecule has 3 heterocycles. The van der Waals surface area contributed by atoms with Crippen molar-refractivity contribution in [1.82, 2.24) is 19.8 Å². The van der Waals surface area contributed by atoms with Gasteiger partial charge in [0.2, 0.25) is 0 Å². The number of nitrogens with one attached hydrogen (secondary N) is 1. The van der Waals surface area contributed by atoms with E-state index in [1.54, 1.807) is 10.6 Å². The lowest BCUT2D eigenvalue weighted by molar-refractivity contribution is 0.609. The summed E-state index contributed by atoms with van der Waals surface area (Å²) in [5.41, 5.74) is 1.45. The minimum absolute atomic E-state index is 0.150. The number of benzene rings is 1. The van der Waals surface area contributed by atoms with E-state index >= 15 is 0 Å². The molecule has 130 valence electrons. The average molecular weight is 340 g/mol. The van der Waals surface area contributed by atoms with Crippen LogP contribution in [-0.2, 0) is 6.42 Å². The molecular weight excluding hydrogens is 319 g/mol. The predicted octanol–water partition coefficient (Wildman–Crippen LogP) is 2.76. The summed E-state index contributed by atoms with van der Waals surface area (Å²) in [5, 5.41) is 16.2. The fraction of sp³-hybridized carbons (Fsp3) is 0.389. The highest BCUT2D eigenvalue weighted by molar-refractivity contribution is 5.49. The number of rotatable bonds is 5. The van der Waals surface area contributed by atoms with E-state index in [4.69, 9.17) is 0 Å². The Morgan fingerprint density at radius 3 is 2.92 bits per heavy atom. The maximum atomic E-state index is 13.9. The number of nitrogens with zero attached hydrogens (tertiary/aromatic N) is 5. The van der Waals surface area contributed by atoms with Gasteiger partial charge in [-0.05, 0) is 36.6 Å². The summed E-state index contributed by atoms with van der Waals surface area (Å²) < 4.78 is 15.7. The zero-order valence-electron chi connectivity index (χ0n) is 14.2. The lowest BCUT2D eigenvalue weighted by Gasteiger charge is -2.19. The van der Waals surface area contributed by atoms with Crippen LogP contribution >= 0.6 is 0 Å². The molecule has 1 aliphatic heterocycles. The van der Waals surface area contributed by atoms with E-state index in [9.17, 15) is 4.39 Å². The van der Waals surface area contributed by atoms with Crippen molar-refractivity contribution in [3.05, 3.63) is 48.0 Å². The van der Waals surface area contributed by atoms with Gasteiger partial charge in [-0.1, -0.05) is 19.1 Å². The first-order valence-corrected chi connectivity index (χ1v) is 8.69.